The van der Waals surface area contributed by atoms with Crippen LogP contribution >= 0.6 is 23.2 Å². The highest BCUT2D eigenvalue weighted by atomic mass is 35.5. The molecule has 84 valence electrons. The molecule has 0 amide bonds. The van der Waals surface area contributed by atoms with Gasteiger partial charge in [0.1, 0.15) is 12.4 Å². The van der Waals surface area contributed by atoms with Crippen LogP contribution in [0.25, 0.3) is 0 Å². The Hall–Kier alpha value is -0.440. The molecule has 0 aliphatic heterocycles. The van der Waals surface area contributed by atoms with Crippen molar-refractivity contribution >= 4 is 23.2 Å². The molecule has 1 N–H and O–H groups in total. The van der Waals surface area contributed by atoms with Gasteiger partial charge in [-0.1, -0.05) is 30.1 Å². The summed E-state index contributed by atoms with van der Waals surface area (Å²) in [6.45, 7) is 3.80. The van der Waals surface area contributed by atoms with Gasteiger partial charge < -0.3 is 9.84 Å². The lowest BCUT2D eigenvalue weighted by Gasteiger charge is -2.21. The Morgan fingerprint density at radius 2 is 2.07 bits per heavy atom. The Labute approximate surface area is 99.8 Å². The number of rotatable bonds is 4. The lowest BCUT2D eigenvalue weighted by Crippen LogP contribution is -2.31. The molecule has 4 heteroatoms. The van der Waals surface area contributed by atoms with Gasteiger partial charge in [-0.3, -0.25) is 0 Å². The average molecular weight is 249 g/mol. The minimum atomic E-state index is -0.842. The number of hydrogen-bond acceptors (Lipinski definition) is 2. The van der Waals surface area contributed by atoms with Crippen LogP contribution in [0.2, 0.25) is 10.0 Å². The summed E-state index contributed by atoms with van der Waals surface area (Å²) in [5.41, 5.74) is -0.842. The summed E-state index contributed by atoms with van der Waals surface area (Å²) in [5.74, 6) is 0.498. The highest BCUT2D eigenvalue weighted by Gasteiger charge is 2.19. The average Bonchev–Trinajstić information content (AvgIpc) is 2.20. The SMILES string of the molecule is CCC(C)(O)COc1cc(Cl)ccc1Cl. The van der Waals surface area contributed by atoms with Crippen LogP contribution in [0.15, 0.2) is 18.2 Å². The first-order valence-electron chi connectivity index (χ1n) is 4.75. The van der Waals surface area contributed by atoms with Crippen molar-refractivity contribution in [1.82, 2.24) is 0 Å². The Balaban J connectivity index is 2.69. The Morgan fingerprint density at radius 3 is 2.67 bits per heavy atom. The van der Waals surface area contributed by atoms with Crippen LogP contribution in [-0.4, -0.2) is 17.3 Å². The van der Waals surface area contributed by atoms with Crippen molar-refractivity contribution in [3.8, 4) is 5.75 Å². The topological polar surface area (TPSA) is 29.5 Å². The summed E-state index contributed by atoms with van der Waals surface area (Å²) in [7, 11) is 0. The molecule has 0 aliphatic rings. The van der Waals surface area contributed by atoms with Gasteiger partial charge in [-0.2, -0.15) is 0 Å². The van der Waals surface area contributed by atoms with Gasteiger partial charge in [-0.05, 0) is 25.5 Å². The molecule has 15 heavy (non-hydrogen) atoms. The first kappa shape index (κ1) is 12.6. The van der Waals surface area contributed by atoms with Gasteiger partial charge in [0, 0.05) is 11.1 Å². The second-order valence-corrected chi connectivity index (χ2v) is 4.56. The molecule has 0 bridgehead atoms. The molecule has 2 nitrogen and oxygen atoms in total. The minimum Gasteiger partial charge on any atom is -0.489 e. The zero-order chi connectivity index (χ0) is 11.5. The van der Waals surface area contributed by atoms with Gasteiger partial charge in [0.15, 0.2) is 0 Å². The van der Waals surface area contributed by atoms with E-state index >= 15 is 0 Å². The monoisotopic (exact) mass is 248 g/mol. The van der Waals surface area contributed by atoms with E-state index in [0.29, 0.717) is 22.2 Å². The van der Waals surface area contributed by atoms with Gasteiger partial charge in [0.05, 0.1) is 10.6 Å². The summed E-state index contributed by atoms with van der Waals surface area (Å²) >= 11 is 11.7. The van der Waals surface area contributed by atoms with Crippen molar-refractivity contribution in [2.45, 2.75) is 25.9 Å². The second kappa shape index (κ2) is 5.06. The van der Waals surface area contributed by atoms with Gasteiger partial charge in [0.2, 0.25) is 0 Å². The van der Waals surface area contributed by atoms with Gasteiger partial charge in [0.25, 0.3) is 0 Å². The maximum absolute atomic E-state index is 9.74. The van der Waals surface area contributed by atoms with Crippen LogP contribution in [0.4, 0.5) is 0 Å². The third kappa shape index (κ3) is 3.90. The van der Waals surface area contributed by atoms with Crippen LogP contribution in [0.1, 0.15) is 20.3 Å². The van der Waals surface area contributed by atoms with Crippen molar-refractivity contribution in [2.75, 3.05) is 6.61 Å². The van der Waals surface area contributed by atoms with E-state index in [9.17, 15) is 5.11 Å². The number of benzene rings is 1. The van der Waals surface area contributed by atoms with E-state index in [1.54, 1.807) is 25.1 Å². The van der Waals surface area contributed by atoms with Gasteiger partial charge in [-0.25, -0.2) is 0 Å². The first-order chi connectivity index (χ1) is 6.94. The van der Waals surface area contributed by atoms with E-state index in [1.807, 2.05) is 6.92 Å². The zero-order valence-electron chi connectivity index (χ0n) is 8.76. The molecule has 1 aromatic rings. The van der Waals surface area contributed by atoms with Crippen molar-refractivity contribution in [3.05, 3.63) is 28.2 Å². The smallest absolute Gasteiger partial charge is 0.139 e. The molecular weight excluding hydrogens is 235 g/mol. The van der Waals surface area contributed by atoms with Crippen LogP contribution < -0.4 is 4.74 Å². The van der Waals surface area contributed by atoms with Crippen LogP contribution in [0.3, 0.4) is 0 Å². The zero-order valence-corrected chi connectivity index (χ0v) is 10.3. The normalized spacial score (nSPS) is 14.7. The molecule has 0 saturated heterocycles. The fraction of sp³-hybridized carbons (Fsp3) is 0.455. The highest BCUT2D eigenvalue weighted by molar-refractivity contribution is 6.34. The first-order valence-corrected chi connectivity index (χ1v) is 5.50. The molecule has 0 spiro atoms. The Kier molecular flexibility index (Phi) is 4.26. The number of halogens is 2. The fourth-order valence-corrected chi connectivity index (χ4v) is 1.26. The standard InChI is InChI=1S/C11H14Cl2O2/c1-3-11(2,14)7-15-10-6-8(12)4-5-9(10)13/h4-6,14H,3,7H2,1-2H3. The number of ether oxygens (including phenoxy) is 1. The quantitative estimate of drug-likeness (QED) is 0.884. The summed E-state index contributed by atoms with van der Waals surface area (Å²) < 4.78 is 5.41. The summed E-state index contributed by atoms with van der Waals surface area (Å²) in [6.07, 6.45) is 0.616. The number of aliphatic hydroxyl groups is 1. The molecule has 0 heterocycles. The third-order valence-electron chi connectivity index (χ3n) is 2.19. The van der Waals surface area contributed by atoms with E-state index in [2.05, 4.69) is 0 Å². The molecule has 1 rings (SSSR count). The number of hydrogen-bond donors (Lipinski definition) is 1. The largest absolute Gasteiger partial charge is 0.489 e. The van der Waals surface area contributed by atoms with Gasteiger partial charge >= 0.3 is 0 Å². The Bertz CT molecular complexity index is 337. The predicted molar refractivity (Wildman–Crippen MR) is 62.9 cm³/mol. The van der Waals surface area contributed by atoms with Crippen LogP contribution in [0.5, 0.6) is 5.75 Å². The maximum Gasteiger partial charge on any atom is 0.139 e. The van der Waals surface area contributed by atoms with Crippen molar-refractivity contribution < 1.29 is 9.84 Å². The summed E-state index contributed by atoms with van der Waals surface area (Å²) in [4.78, 5) is 0. The maximum atomic E-state index is 9.74. The minimum absolute atomic E-state index is 0.198. The molecule has 1 atom stereocenters. The Morgan fingerprint density at radius 1 is 1.40 bits per heavy atom. The lowest BCUT2D eigenvalue weighted by molar-refractivity contribution is 0.00851. The van der Waals surface area contributed by atoms with E-state index < -0.39 is 5.60 Å². The van der Waals surface area contributed by atoms with Crippen LogP contribution in [-0.2, 0) is 0 Å². The fourth-order valence-electron chi connectivity index (χ4n) is 0.923. The van der Waals surface area contributed by atoms with Crippen molar-refractivity contribution in [3.63, 3.8) is 0 Å². The van der Waals surface area contributed by atoms with Crippen molar-refractivity contribution in [2.24, 2.45) is 0 Å². The summed E-state index contributed by atoms with van der Waals surface area (Å²) in [5, 5.41) is 10.8. The van der Waals surface area contributed by atoms with E-state index in [4.69, 9.17) is 27.9 Å². The second-order valence-electron chi connectivity index (χ2n) is 3.71. The molecule has 0 fully saturated rings. The van der Waals surface area contributed by atoms with Crippen molar-refractivity contribution in [1.29, 1.82) is 0 Å². The lowest BCUT2D eigenvalue weighted by atomic mass is 10.1. The predicted octanol–water partition coefficient (Wildman–Crippen LogP) is 3.53. The molecule has 0 radical (unpaired) electrons. The van der Waals surface area contributed by atoms with E-state index in [0.717, 1.165) is 0 Å². The molecule has 0 aromatic heterocycles. The van der Waals surface area contributed by atoms with Crippen LogP contribution in [0, 0.1) is 0 Å². The molecule has 1 aromatic carbocycles. The van der Waals surface area contributed by atoms with E-state index in [1.165, 1.54) is 0 Å². The van der Waals surface area contributed by atoms with Gasteiger partial charge in [-0.15, -0.1) is 0 Å². The molecule has 0 saturated carbocycles. The molecular formula is C11H14Cl2O2. The molecule has 0 aliphatic carbocycles. The molecule has 1 unspecified atom stereocenters. The highest BCUT2D eigenvalue weighted by Crippen LogP contribution is 2.28. The third-order valence-corrected chi connectivity index (χ3v) is 2.74. The van der Waals surface area contributed by atoms with E-state index in [-0.39, 0.29) is 6.61 Å². The summed E-state index contributed by atoms with van der Waals surface area (Å²) in [6, 6.07) is 4.99.